The normalized spacial score (nSPS) is 22.2. The number of aryl methyl sites for hydroxylation is 1. The van der Waals surface area contributed by atoms with Crippen molar-refractivity contribution in [3.05, 3.63) is 28.8 Å². The van der Waals surface area contributed by atoms with E-state index < -0.39 is 12.0 Å². The topological polar surface area (TPSA) is 69.6 Å². The van der Waals surface area contributed by atoms with Crippen molar-refractivity contribution in [2.24, 2.45) is 5.92 Å². The summed E-state index contributed by atoms with van der Waals surface area (Å²) in [5, 5.41) is 12.6. The van der Waals surface area contributed by atoms with E-state index in [1.807, 2.05) is 19.9 Å². The molecule has 0 saturated carbocycles. The second kappa shape index (κ2) is 6.45. The van der Waals surface area contributed by atoms with Crippen molar-refractivity contribution in [1.82, 2.24) is 4.90 Å². The summed E-state index contributed by atoms with van der Waals surface area (Å²) in [4.78, 5) is 25.0. The van der Waals surface area contributed by atoms with Crippen LogP contribution < -0.4 is 5.32 Å². The first-order chi connectivity index (χ1) is 9.88. The largest absolute Gasteiger partial charge is 0.480 e. The minimum atomic E-state index is -0.869. The summed E-state index contributed by atoms with van der Waals surface area (Å²) in [5.41, 5.74) is 1.56. The molecule has 2 N–H and O–H groups in total. The summed E-state index contributed by atoms with van der Waals surface area (Å²) < 4.78 is 0. The smallest absolute Gasteiger partial charge is 0.321 e. The molecule has 1 aromatic carbocycles. The Balaban J connectivity index is 1.98. The summed E-state index contributed by atoms with van der Waals surface area (Å²) in [6.07, 6.45) is 0.792. The molecule has 1 aromatic rings. The third-order valence-electron chi connectivity index (χ3n) is 3.86. The van der Waals surface area contributed by atoms with Gasteiger partial charge in [-0.2, -0.15) is 0 Å². The highest BCUT2D eigenvalue weighted by Gasteiger charge is 2.37. The molecule has 1 amide bonds. The summed E-state index contributed by atoms with van der Waals surface area (Å²) >= 11 is 6.01. The number of rotatable bonds is 4. The van der Waals surface area contributed by atoms with Gasteiger partial charge in [-0.1, -0.05) is 24.6 Å². The number of benzene rings is 1. The van der Waals surface area contributed by atoms with Crippen LogP contribution in [0.1, 0.15) is 18.9 Å². The van der Waals surface area contributed by atoms with E-state index in [9.17, 15) is 14.7 Å². The number of carboxylic acid groups (broad SMARTS) is 1. The van der Waals surface area contributed by atoms with Gasteiger partial charge in [0.05, 0.1) is 6.54 Å². The van der Waals surface area contributed by atoms with E-state index in [2.05, 4.69) is 5.32 Å². The number of carbonyl (C=O) groups excluding carboxylic acids is 1. The predicted molar refractivity (Wildman–Crippen MR) is 81.6 cm³/mol. The predicted octanol–water partition coefficient (Wildman–Crippen LogP) is 2.38. The minimum Gasteiger partial charge on any atom is -0.480 e. The van der Waals surface area contributed by atoms with Crippen molar-refractivity contribution in [1.29, 1.82) is 0 Å². The number of nitrogens with zero attached hydrogens (tertiary/aromatic N) is 1. The summed E-state index contributed by atoms with van der Waals surface area (Å²) in [5.74, 6) is -1.04. The Bertz CT molecular complexity index is 562. The Morgan fingerprint density at radius 2 is 2.19 bits per heavy atom. The van der Waals surface area contributed by atoms with E-state index in [1.54, 1.807) is 17.0 Å². The van der Waals surface area contributed by atoms with Gasteiger partial charge < -0.3 is 10.4 Å². The lowest BCUT2D eigenvalue weighted by molar-refractivity contribution is -0.143. The standard InChI is InChI=1S/C15H19ClN2O3/c1-9-3-4-11(7-12(9)16)17-13(19)8-18-6-5-10(2)14(18)15(20)21/h3-4,7,10,14H,5-6,8H2,1-2H3,(H,17,19)(H,20,21). The molecule has 0 aliphatic carbocycles. The molecule has 2 atom stereocenters. The molecule has 114 valence electrons. The summed E-state index contributed by atoms with van der Waals surface area (Å²) in [6.45, 7) is 4.49. The van der Waals surface area contributed by atoms with E-state index >= 15 is 0 Å². The number of carboxylic acids is 1. The third kappa shape index (κ3) is 3.74. The van der Waals surface area contributed by atoms with Crippen LogP contribution in [-0.4, -0.2) is 41.0 Å². The lowest BCUT2D eigenvalue weighted by Gasteiger charge is -2.22. The second-order valence-corrected chi connectivity index (χ2v) is 5.94. The molecule has 0 spiro atoms. The highest BCUT2D eigenvalue weighted by Crippen LogP contribution is 2.24. The Labute approximate surface area is 128 Å². The van der Waals surface area contributed by atoms with Crippen LogP contribution in [0.4, 0.5) is 5.69 Å². The lowest BCUT2D eigenvalue weighted by atomic mass is 10.0. The van der Waals surface area contributed by atoms with Crippen molar-refractivity contribution in [2.45, 2.75) is 26.3 Å². The molecule has 1 aliphatic heterocycles. The van der Waals surface area contributed by atoms with Gasteiger partial charge >= 0.3 is 5.97 Å². The van der Waals surface area contributed by atoms with Gasteiger partial charge in [0.2, 0.25) is 5.91 Å². The zero-order valence-corrected chi connectivity index (χ0v) is 12.9. The first-order valence-corrected chi connectivity index (χ1v) is 7.29. The van der Waals surface area contributed by atoms with Crippen LogP contribution in [0.2, 0.25) is 5.02 Å². The zero-order chi connectivity index (χ0) is 15.6. The highest BCUT2D eigenvalue weighted by atomic mass is 35.5. The minimum absolute atomic E-state index is 0.0594. The Morgan fingerprint density at radius 1 is 1.48 bits per heavy atom. The van der Waals surface area contributed by atoms with Crippen LogP contribution in [-0.2, 0) is 9.59 Å². The van der Waals surface area contributed by atoms with Crippen LogP contribution in [0.15, 0.2) is 18.2 Å². The van der Waals surface area contributed by atoms with Gasteiger partial charge in [0.15, 0.2) is 0 Å². The number of halogens is 1. The number of aliphatic carboxylic acids is 1. The van der Waals surface area contributed by atoms with Gasteiger partial charge in [0.1, 0.15) is 6.04 Å². The average Bonchev–Trinajstić information content (AvgIpc) is 2.75. The maximum Gasteiger partial charge on any atom is 0.321 e. The van der Waals surface area contributed by atoms with Crippen LogP contribution in [0, 0.1) is 12.8 Å². The second-order valence-electron chi connectivity index (χ2n) is 5.53. The van der Waals surface area contributed by atoms with E-state index in [4.69, 9.17) is 11.6 Å². The fourth-order valence-electron chi connectivity index (χ4n) is 2.66. The number of amides is 1. The van der Waals surface area contributed by atoms with Crippen LogP contribution >= 0.6 is 11.6 Å². The number of anilines is 1. The molecule has 1 aliphatic rings. The number of hydrogen-bond donors (Lipinski definition) is 2. The monoisotopic (exact) mass is 310 g/mol. The molecule has 5 nitrogen and oxygen atoms in total. The zero-order valence-electron chi connectivity index (χ0n) is 12.1. The number of likely N-dealkylation sites (tertiary alicyclic amines) is 1. The molecule has 2 unspecified atom stereocenters. The van der Waals surface area contributed by atoms with E-state index in [0.717, 1.165) is 12.0 Å². The average molecular weight is 311 g/mol. The molecule has 1 saturated heterocycles. The van der Waals surface area contributed by atoms with Crippen LogP contribution in [0.5, 0.6) is 0 Å². The fraction of sp³-hybridized carbons (Fsp3) is 0.467. The number of carbonyl (C=O) groups is 2. The molecule has 1 fully saturated rings. The Morgan fingerprint density at radius 3 is 2.81 bits per heavy atom. The van der Waals surface area contributed by atoms with E-state index in [0.29, 0.717) is 17.3 Å². The van der Waals surface area contributed by atoms with Gasteiger partial charge in [-0.15, -0.1) is 0 Å². The maximum absolute atomic E-state index is 12.1. The van der Waals surface area contributed by atoms with Gasteiger partial charge in [-0.25, -0.2) is 0 Å². The van der Waals surface area contributed by atoms with Crippen molar-refractivity contribution in [2.75, 3.05) is 18.4 Å². The summed E-state index contributed by atoms with van der Waals surface area (Å²) in [7, 11) is 0. The maximum atomic E-state index is 12.1. The molecule has 21 heavy (non-hydrogen) atoms. The third-order valence-corrected chi connectivity index (χ3v) is 4.27. The molecular weight excluding hydrogens is 292 g/mol. The van der Waals surface area contributed by atoms with Crippen molar-refractivity contribution >= 4 is 29.2 Å². The molecule has 0 aromatic heterocycles. The highest BCUT2D eigenvalue weighted by molar-refractivity contribution is 6.31. The van der Waals surface area contributed by atoms with E-state index in [-0.39, 0.29) is 18.4 Å². The molecule has 0 bridgehead atoms. The van der Waals surface area contributed by atoms with Crippen molar-refractivity contribution < 1.29 is 14.7 Å². The number of nitrogens with one attached hydrogen (secondary N) is 1. The first kappa shape index (κ1) is 15.8. The van der Waals surface area contributed by atoms with Crippen molar-refractivity contribution in [3.63, 3.8) is 0 Å². The van der Waals surface area contributed by atoms with Gasteiger partial charge in [-0.3, -0.25) is 14.5 Å². The lowest BCUT2D eigenvalue weighted by Crippen LogP contribution is -2.43. The molecule has 0 radical (unpaired) electrons. The molecule has 6 heteroatoms. The molecular formula is C15H19ClN2O3. The van der Waals surface area contributed by atoms with E-state index in [1.165, 1.54) is 0 Å². The fourth-order valence-corrected chi connectivity index (χ4v) is 2.84. The van der Waals surface area contributed by atoms with Crippen LogP contribution in [0.3, 0.4) is 0 Å². The van der Waals surface area contributed by atoms with Crippen molar-refractivity contribution in [3.8, 4) is 0 Å². The SMILES string of the molecule is Cc1ccc(NC(=O)CN2CCC(C)C2C(=O)O)cc1Cl. The van der Waals surface area contributed by atoms with Gasteiger partial charge in [0, 0.05) is 10.7 Å². The molecule has 2 rings (SSSR count). The first-order valence-electron chi connectivity index (χ1n) is 6.91. The van der Waals surface area contributed by atoms with Gasteiger partial charge in [-0.05, 0) is 43.5 Å². The Hall–Kier alpha value is -1.59. The molecule has 1 heterocycles. The van der Waals surface area contributed by atoms with Crippen LogP contribution in [0.25, 0.3) is 0 Å². The van der Waals surface area contributed by atoms with Gasteiger partial charge in [0.25, 0.3) is 0 Å². The Kier molecular flexibility index (Phi) is 4.85. The summed E-state index contributed by atoms with van der Waals surface area (Å²) in [6, 6.07) is 4.71. The number of hydrogen-bond acceptors (Lipinski definition) is 3. The quantitative estimate of drug-likeness (QED) is 0.896.